The first kappa shape index (κ1) is 15.5. The van der Waals surface area contributed by atoms with Crippen molar-refractivity contribution in [3.8, 4) is 0 Å². The van der Waals surface area contributed by atoms with Crippen molar-refractivity contribution in [1.82, 2.24) is 0 Å². The van der Waals surface area contributed by atoms with Crippen LogP contribution in [0.2, 0.25) is 0 Å². The third kappa shape index (κ3) is 3.59. The Kier molecular flexibility index (Phi) is 5.18. The van der Waals surface area contributed by atoms with Gasteiger partial charge in [-0.2, -0.15) is 0 Å². The molecule has 1 aromatic carbocycles. The molecule has 2 rings (SSSR count). The van der Waals surface area contributed by atoms with Gasteiger partial charge in [0.15, 0.2) is 11.7 Å². The fraction of sp³-hybridized carbons (Fsp3) is 0.600. The van der Waals surface area contributed by atoms with E-state index in [9.17, 15) is 8.42 Å². The van der Waals surface area contributed by atoms with Crippen molar-refractivity contribution in [3.05, 3.63) is 30.3 Å². The van der Waals surface area contributed by atoms with Gasteiger partial charge in [-0.3, -0.25) is 0 Å². The molecule has 0 bridgehead atoms. The molecule has 1 aromatic rings. The quantitative estimate of drug-likeness (QED) is 0.838. The van der Waals surface area contributed by atoms with Crippen LogP contribution >= 0.6 is 0 Å². The fourth-order valence-electron chi connectivity index (χ4n) is 2.30. The largest absolute Gasteiger partial charge is 0.353 e. The second kappa shape index (κ2) is 6.70. The lowest BCUT2D eigenvalue weighted by atomic mass is 10.2. The summed E-state index contributed by atoms with van der Waals surface area (Å²) < 4.78 is 36.6. The molecular weight excluding hydrogens is 276 g/mol. The Morgan fingerprint density at radius 2 is 1.90 bits per heavy atom. The lowest BCUT2D eigenvalue weighted by Crippen LogP contribution is -2.36. The molecule has 0 spiro atoms. The third-order valence-corrected chi connectivity index (χ3v) is 5.54. The van der Waals surface area contributed by atoms with Gasteiger partial charge in [-0.25, -0.2) is 8.42 Å². The van der Waals surface area contributed by atoms with E-state index in [0.29, 0.717) is 11.5 Å². The van der Waals surface area contributed by atoms with Gasteiger partial charge in [-0.05, 0) is 37.3 Å². The van der Waals surface area contributed by atoms with E-state index in [1.807, 2.05) is 13.8 Å². The van der Waals surface area contributed by atoms with Crippen molar-refractivity contribution in [3.63, 3.8) is 0 Å². The lowest BCUT2D eigenvalue weighted by molar-refractivity contribution is -0.177. The standard InChI is InChI=1S/C15H22O4S/c1-12(2)15(19-14-10-6-7-11-18-14)20(16,17)13-8-4-3-5-9-13/h3-5,8-9,12,14-15H,6-7,10-11H2,1-2H3. The maximum Gasteiger partial charge on any atom is 0.205 e. The number of rotatable bonds is 5. The van der Waals surface area contributed by atoms with Crippen LogP contribution < -0.4 is 0 Å². The molecule has 0 saturated carbocycles. The summed E-state index contributed by atoms with van der Waals surface area (Å²) in [6, 6.07) is 8.46. The van der Waals surface area contributed by atoms with Crippen molar-refractivity contribution in [2.24, 2.45) is 5.92 Å². The molecule has 1 fully saturated rings. The van der Waals surface area contributed by atoms with E-state index in [1.165, 1.54) is 0 Å². The van der Waals surface area contributed by atoms with Gasteiger partial charge in [-0.15, -0.1) is 0 Å². The molecule has 0 N–H and O–H groups in total. The monoisotopic (exact) mass is 298 g/mol. The Morgan fingerprint density at radius 1 is 1.20 bits per heavy atom. The van der Waals surface area contributed by atoms with Crippen LogP contribution in [0, 0.1) is 5.92 Å². The first-order valence-electron chi connectivity index (χ1n) is 7.08. The molecule has 2 atom stereocenters. The molecule has 0 aromatic heterocycles. The van der Waals surface area contributed by atoms with Gasteiger partial charge in [-0.1, -0.05) is 32.0 Å². The highest BCUT2D eigenvalue weighted by atomic mass is 32.2. The minimum atomic E-state index is -3.50. The third-order valence-electron chi connectivity index (χ3n) is 3.35. The summed E-state index contributed by atoms with van der Waals surface area (Å²) in [6.07, 6.45) is 2.38. The Bertz CT molecular complexity index is 504. The number of ether oxygens (including phenoxy) is 2. The van der Waals surface area contributed by atoms with Gasteiger partial charge in [0.05, 0.1) is 4.90 Å². The van der Waals surface area contributed by atoms with Crippen LogP contribution in [0.3, 0.4) is 0 Å². The summed E-state index contributed by atoms with van der Waals surface area (Å²) in [5.41, 5.74) is -0.868. The molecule has 112 valence electrons. The van der Waals surface area contributed by atoms with Gasteiger partial charge in [0.1, 0.15) is 0 Å². The average Bonchev–Trinajstić information content (AvgIpc) is 2.46. The SMILES string of the molecule is CC(C)C(OC1CCCCO1)S(=O)(=O)c1ccccc1. The molecule has 0 radical (unpaired) electrons. The van der Waals surface area contributed by atoms with Gasteiger partial charge in [0, 0.05) is 6.61 Å². The zero-order valence-corrected chi connectivity index (χ0v) is 12.8. The van der Waals surface area contributed by atoms with Crippen molar-refractivity contribution in [1.29, 1.82) is 0 Å². The Morgan fingerprint density at radius 3 is 2.45 bits per heavy atom. The molecule has 4 nitrogen and oxygen atoms in total. The molecule has 20 heavy (non-hydrogen) atoms. The van der Waals surface area contributed by atoms with Crippen molar-refractivity contribution >= 4 is 9.84 Å². The van der Waals surface area contributed by atoms with Crippen LogP contribution in [0.1, 0.15) is 33.1 Å². The fourth-order valence-corrected chi connectivity index (χ4v) is 4.09. The van der Waals surface area contributed by atoms with Crippen molar-refractivity contribution in [2.75, 3.05) is 6.61 Å². The Labute approximate surface area is 121 Å². The minimum Gasteiger partial charge on any atom is -0.353 e. The van der Waals surface area contributed by atoms with Crippen molar-refractivity contribution < 1.29 is 17.9 Å². The zero-order valence-electron chi connectivity index (χ0n) is 12.0. The predicted octanol–water partition coefficient (Wildman–Crippen LogP) is 2.99. The molecule has 1 aliphatic heterocycles. The number of hydrogen-bond acceptors (Lipinski definition) is 4. The van der Waals surface area contributed by atoms with E-state index < -0.39 is 21.6 Å². The molecule has 1 saturated heterocycles. The topological polar surface area (TPSA) is 52.6 Å². The molecule has 1 aliphatic rings. The van der Waals surface area contributed by atoms with E-state index in [4.69, 9.17) is 9.47 Å². The summed E-state index contributed by atoms with van der Waals surface area (Å²) in [4.78, 5) is 0.300. The summed E-state index contributed by atoms with van der Waals surface area (Å²) in [7, 11) is -3.50. The van der Waals surface area contributed by atoms with Gasteiger partial charge < -0.3 is 9.47 Å². The second-order valence-electron chi connectivity index (χ2n) is 5.40. The number of benzene rings is 1. The highest BCUT2D eigenvalue weighted by molar-refractivity contribution is 7.92. The van der Waals surface area contributed by atoms with E-state index in [0.717, 1.165) is 19.3 Å². The number of hydrogen-bond donors (Lipinski definition) is 0. The molecular formula is C15H22O4S. The van der Waals surface area contributed by atoms with Gasteiger partial charge >= 0.3 is 0 Å². The van der Waals surface area contributed by atoms with Crippen LogP contribution in [0.4, 0.5) is 0 Å². The highest BCUT2D eigenvalue weighted by Gasteiger charge is 2.34. The second-order valence-corrected chi connectivity index (χ2v) is 7.43. The van der Waals surface area contributed by atoms with Crippen LogP contribution in [0.25, 0.3) is 0 Å². The van der Waals surface area contributed by atoms with E-state index in [1.54, 1.807) is 30.3 Å². The lowest BCUT2D eigenvalue weighted by Gasteiger charge is -2.29. The minimum absolute atomic E-state index is 0.134. The first-order chi connectivity index (χ1) is 9.51. The molecule has 0 aliphatic carbocycles. The summed E-state index contributed by atoms with van der Waals surface area (Å²) in [5, 5.41) is 0. The smallest absolute Gasteiger partial charge is 0.205 e. The summed E-state index contributed by atoms with van der Waals surface area (Å²) >= 11 is 0. The Hall–Kier alpha value is -0.910. The van der Waals surface area contributed by atoms with Crippen LogP contribution in [0.5, 0.6) is 0 Å². The van der Waals surface area contributed by atoms with Crippen LogP contribution in [0.15, 0.2) is 35.2 Å². The predicted molar refractivity (Wildman–Crippen MR) is 76.9 cm³/mol. The van der Waals surface area contributed by atoms with E-state index in [2.05, 4.69) is 0 Å². The highest BCUT2D eigenvalue weighted by Crippen LogP contribution is 2.26. The Balaban J connectivity index is 2.19. The first-order valence-corrected chi connectivity index (χ1v) is 8.62. The summed E-state index contributed by atoms with van der Waals surface area (Å²) in [6.45, 7) is 4.35. The molecule has 2 unspecified atom stereocenters. The van der Waals surface area contributed by atoms with Crippen molar-refractivity contribution in [2.45, 2.75) is 49.7 Å². The van der Waals surface area contributed by atoms with Crippen LogP contribution in [-0.2, 0) is 19.3 Å². The molecule has 5 heteroatoms. The maximum atomic E-state index is 12.7. The van der Waals surface area contributed by atoms with Gasteiger partial charge in [0.25, 0.3) is 0 Å². The summed E-state index contributed by atoms with van der Waals surface area (Å²) in [5.74, 6) is -0.134. The molecule has 0 amide bonds. The zero-order chi connectivity index (χ0) is 14.6. The average molecular weight is 298 g/mol. The number of sulfone groups is 1. The van der Waals surface area contributed by atoms with Gasteiger partial charge in [0.2, 0.25) is 9.84 Å². The van der Waals surface area contributed by atoms with E-state index >= 15 is 0 Å². The maximum absolute atomic E-state index is 12.7. The molecule has 1 heterocycles. The normalized spacial score (nSPS) is 21.9. The van der Waals surface area contributed by atoms with Crippen LogP contribution in [-0.4, -0.2) is 26.8 Å². The van der Waals surface area contributed by atoms with E-state index in [-0.39, 0.29) is 5.92 Å².